The van der Waals surface area contributed by atoms with Crippen LogP contribution in [0.4, 0.5) is 4.79 Å². The Morgan fingerprint density at radius 1 is 1.35 bits per heavy atom. The van der Waals surface area contributed by atoms with Gasteiger partial charge in [0, 0.05) is 0 Å². The van der Waals surface area contributed by atoms with E-state index in [9.17, 15) is 9.90 Å². The Morgan fingerprint density at radius 3 is 2.35 bits per heavy atom. The molecule has 0 aliphatic heterocycles. The molecule has 1 amide bonds. The molecule has 1 fully saturated rings. The summed E-state index contributed by atoms with van der Waals surface area (Å²) in [5.41, 5.74) is -0.498. The molecule has 0 radical (unpaired) electrons. The van der Waals surface area contributed by atoms with Gasteiger partial charge in [0.2, 0.25) is 0 Å². The molecule has 0 spiro atoms. The van der Waals surface area contributed by atoms with E-state index in [-0.39, 0.29) is 6.04 Å². The molecule has 0 bridgehead atoms. The zero-order valence-electron chi connectivity index (χ0n) is 11.3. The van der Waals surface area contributed by atoms with Crippen molar-refractivity contribution in [3.05, 3.63) is 0 Å². The lowest BCUT2D eigenvalue weighted by Gasteiger charge is -2.27. The van der Waals surface area contributed by atoms with Crippen molar-refractivity contribution < 1.29 is 14.6 Å². The van der Waals surface area contributed by atoms with Crippen LogP contribution in [0, 0.1) is 5.92 Å². The molecule has 1 aliphatic rings. The molecule has 2 unspecified atom stereocenters. The first-order valence-corrected chi connectivity index (χ1v) is 6.47. The van der Waals surface area contributed by atoms with Gasteiger partial charge in [0.25, 0.3) is 0 Å². The highest BCUT2D eigenvalue weighted by Gasteiger charge is 2.29. The minimum Gasteiger partial charge on any atom is -0.444 e. The molecule has 100 valence electrons. The molecule has 1 rings (SSSR count). The van der Waals surface area contributed by atoms with Crippen molar-refractivity contribution in [3.63, 3.8) is 0 Å². The summed E-state index contributed by atoms with van der Waals surface area (Å²) in [6.45, 7) is 7.30. The number of amides is 1. The third-order valence-corrected chi connectivity index (χ3v) is 3.14. The van der Waals surface area contributed by atoms with Crippen molar-refractivity contribution >= 4 is 6.09 Å². The minimum absolute atomic E-state index is 0.257. The van der Waals surface area contributed by atoms with Crippen LogP contribution in [0.5, 0.6) is 0 Å². The van der Waals surface area contributed by atoms with Gasteiger partial charge < -0.3 is 15.2 Å². The summed E-state index contributed by atoms with van der Waals surface area (Å²) < 4.78 is 5.16. The molecule has 0 saturated heterocycles. The van der Waals surface area contributed by atoms with E-state index < -0.39 is 17.8 Å². The van der Waals surface area contributed by atoms with Gasteiger partial charge in [0.05, 0.1) is 12.1 Å². The molecule has 0 aromatic rings. The van der Waals surface area contributed by atoms with Gasteiger partial charge in [-0.25, -0.2) is 4.79 Å². The number of ether oxygens (including phenoxy) is 1. The molecule has 1 aliphatic carbocycles. The molecule has 4 heteroatoms. The topological polar surface area (TPSA) is 58.6 Å². The van der Waals surface area contributed by atoms with Gasteiger partial charge in [-0.3, -0.25) is 0 Å². The van der Waals surface area contributed by atoms with Crippen LogP contribution in [0.15, 0.2) is 0 Å². The van der Waals surface area contributed by atoms with Crippen LogP contribution in [0.1, 0.15) is 53.4 Å². The molecule has 17 heavy (non-hydrogen) atoms. The molecule has 1 saturated carbocycles. The van der Waals surface area contributed by atoms with Crippen molar-refractivity contribution in [2.75, 3.05) is 0 Å². The van der Waals surface area contributed by atoms with Crippen molar-refractivity contribution in [1.29, 1.82) is 0 Å². The maximum absolute atomic E-state index is 11.5. The van der Waals surface area contributed by atoms with E-state index >= 15 is 0 Å². The molecule has 2 N–H and O–H groups in total. The molecule has 0 heterocycles. The second-order valence-corrected chi connectivity index (χ2v) is 5.97. The van der Waals surface area contributed by atoms with Crippen LogP contribution in [0.25, 0.3) is 0 Å². The van der Waals surface area contributed by atoms with Crippen molar-refractivity contribution in [2.45, 2.75) is 71.1 Å². The van der Waals surface area contributed by atoms with Crippen molar-refractivity contribution in [1.82, 2.24) is 5.32 Å². The third kappa shape index (κ3) is 4.94. The van der Waals surface area contributed by atoms with E-state index in [1.165, 1.54) is 12.8 Å². The predicted octanol–water partition coefficient (Wildman–Crippen LogP) is 2.45. The predicted molar refractivity (Wildman–Crippen MR) is 66.8 cm³/mol. The Morgan fingerprint density at radius 2 is 1.88 bits per heavy atom. The fourth-order valence-electron chi connectivity index (χ4n) is 2.29. The smallest absolute Gasteiger partial charge is 0.407 e. The number of aliphatic hydroxyl groups is 1. The lowest BCUT2D eigenvalue weighted by atomic mass is 9.96. The fourth-order valence-corrected chi connectivity index (χ4v) is 2.29. The largest absolute Gasteiger partial charge is 0.444 e. The van der Waals surface area contributed by atoms with Crippen LogP contribution in [-0.2, 0) is 4.74 Å². The highest BCUT2D eigenvalue weighted by Crippen LogP contribution is 2.28. The molecule has 4 nitrogen and oxygen atoms in total. The number of hydrogen-bond donors (Lipinski definition) is 2. The number of rotatable bonds is 3. The monoisotopic (exact) mass is 243 g/mol. The first-order chi connectivity index (χ1) is 7.79. The number of nitrogens with one attached hydrogen (secondary N) is 1. The lowest BCUT2D eigenvalue weighted by Crippen LogP contribution is -2.45. The number of hydrogen-bond acceptors (Lipinski definition) is 3. The van der Waals surface area contributed by atoms with E-state index in [0.29, 0.717) is 5.92 Å². The van der Waals surface area contributed by atoms with Crippen LogP contribution in [0.3, 0.4) is 0 Å². The molecule has 0 aromatic carbocycles. The molecular weight excluding hydrogens is 218 g/mol. The summed E-state index contributed by atoms with van der Waals surface area (Å²) in [5.74, 6) is 0.319. The van der Waals surface area contributed by atoms with Gasteiger partial charge in [-0.2, -0.15) is 0 Å². The fraction of sp³-hybridized carbons (Fsp3) is 0.923. The van der Waals surface area contributed by atoms with E-state index in [4.69, 9.17) is 4.74 Å². The Balaban J connectivity index is 2.37. The number of carbonyl (C=O) groups is 1. The second kappa shape index (κ2) is 5.71. The highest BCUT2D eigenvalue weighted by atomic mass is 16.6. The minimum atomic E-state index is -0.498. The Kier molecular flexibility index (Phi) is 4.80. The normalized spacial score (nSPS) is 21.0. The number of aliphatic hydroxyl groups excluding tert-OH is 1. The van der Waals surface area contributed by atoms with Gasteiger partial charge in [0.1, 0.15) is 5.60 Å². The third-order valence-electron chi connectivity index (χ3n) is 3.14. The maximum Gasteiger partial charge on any atom is 0.407 e. The molecule has 0 aromatic heterocycles. The van der Waals surface area contributed by atoms with E-state index in [1.807, 2.05) is 27.7 Å². The SMILES string of the molecule is CC(NC(=O)OC(C)(C)C)C(O)C1CCCC1. The quantitative estimate of drug-likeness (QED) is 0.800. The number of alkyl carbamates (subject to hydrolysis) is 1. The zero-order chi connectivity index (χ0) is 13.1. The Bertz CT molecular complexity index is 254. The average molecular weight is 243 g/mol. The maximum atomic E-state index is 11.5. The van der Waals surface area contributed by atoms with Gasteiger partial charge >= 0.3 is 6.09 Å². The second-order valence-electron chi connectivity index (χ2n) is 5.97. The summed E-state index contributed by atoms with van der Waals surface area (Å²) >= 11 is 0. The molecule has 2 atom stereocenters. The Hall–Kier alpha value is -0.770. The highest BCUT2D eigenvalue weighted by molar-refractivity contribution is 5.68. The van der Waals surface area contributed by atoms with Crippen LogP contribution in [0.2, 0.25) is 0 Å². The van der Waals surface area contributed by atoms with Crippen molar-refractivity contribution in [3.8, 4) is 0 Å². The van der Waals surface area contributed by atoms with Gasteiger partial charge in [0.15, 0.2) is 0 Å². The summed E-state index contributed by atoms with van der Waals surface area (Å²) in [7, 11) is 0. The van der Waals surface area contributed by atoms with E-state index in [0.717, 1.165) is 12.8 Å². The first kappa shape index (κ1) is 14.3. The van der Waals surface area contributed by atoms with Gasteiger partial charge in [-0.15, -0.1) is 0 Å². The summed E-state index contributed by atoms with van der Waals surface area (Å²) in [6.07, 6.45) is 3.55. The summed E-state index contributed by atoms with van der Waals surface area (Å²) in [5, 5.41) is 12.8. The zero-order valence-corrected chi connectivity index (χ0v) is 11.3. The van der Waals surface area contributed by atoms with E-state index in [2.05, 4.69) is 5.32 Å². The summed E-state index contributed by atoms with van der Waals surface area (Å²) in [4.78, 5) is 11.5. The van der Waals surface area contributed by atoms with E-state index in [1.54, 1.807) is 0 Å². The number of carbonyl (C=O) groups excluding carboxylic acids is 1. The van der Waals surface area contributed by atoms with Gasteiger partial charge in [-0.05, 0) is 46.5 Å². The van der Waals surface area contributed by atoms with Crippen LogP contribution in [-0.4, -0.2) is 28.9 Å². The van der Waals surface area contributed by atoms with Crippen molar-refractivity contribution in [2.24, 2.45) is 5.92 Å². The average Bonchev–Trinajstić information content (AvgIpc) is 2.65. The van der Waals surface area contributed by atoms with Gasteiger partial charge in [-0.1, -0.05) is 12.8 Å². The van der Waals surface area contributed by atoms with Crippen LogP contribution >= 0.6 is 0 Å². The summed E-state index contributed by atoms with van der Waals surface area (Å²) in [6, 6.07) is -0.257. The first-order valence-electron chi connectivity index (χ1n) is 6.47. The van der Waals surface area contributed by atoms with Crippen LogP contribution < -0.4 is 5.32 Å². The lowest BCUT2D eigenvalue weighted by molar-refractivity contribution is 0.0354. The standard InChI is InChI=1S/C13H25NO3/c1-9(11(15)10-7-5-6-8-10)14-12(16)17-13(2,3)4/h9-11,15H,5-8H2,1-4H3,(H,14,16). The molecular formula is C13H25NO3. The Labute approximate surface area is 104 Å².